The first kappa shape index (κ1) is 15.1. The number of nitrogens with zero attached hydrogens (tertiary/aromatic N) is 2. The zero-order valence-electron chi connectivity index (χ0n) is 10.3. The average Bonchev–Trinajstić information content (AvgIpc) is 2.28. The molecule has 16 heavy (non-hydrogen) atoms. The van der Waals surface area contributed by atoms with E-state index in [1.807, 2.05) is 25.8 Å². The largest absolute Gasteiger partial charge is 0.382 e. The first-order valence-electron chi connectivity index (χ1n) is 5.58. The number of rotatable bonds is 7. The van der Waals surface area contributed by atoms with Crippen LogP contribution in [-0.2, 0) is 4.74 Å². The summed E-state index contributed by atoms with van der Waals surface area (Å²) in [6, 6.07) is 2.19. The third-order valence-corrected chi connectivity index (χ3v) is 2.52. The lowest BCUT2D eigenvalue weighted by atomic mass is 10.2. The number of nitrogens with one attached hydrogen (secondary N) is 1. The maximum Gasteiger partial charge on any atom is 0.168 e. The Morgan fingerprint density at radius 1 is 1.62 bits per heavy atom. The summed E-state index contributed by atoms with van der Waals surface area (Å²) >= 11 is 5.19. The van der Waals surface area contributed by atoms with Crippen molar-refractivity contribution in [3.63, 3.8) is 0 Å². The van der Waals surface area contributed by atoms with E-state index >= 15 is 0 Å². The van der Waals surface area contributed by atoms with Crippen LogP contribution in [-0.4, -0.2) is 43.4 Å². The van der Waals surface area contributed by atoms with Gasteiger partial charge >= 0.3 is 0 Å². The van der Waals surface area contributed by atoms with Crippen LogP contribution < -0.4 is 5.32 Å². The molecule has 0 spiro atoms. The van der Waals surface area contributed by atoms with E-state index in [-0.39, 0.29) is 5.92 Å². The van der Waals surface area contributed by atoms with Gasteiger partial charge in [0.25, 0.3) is 0 Å². The summed E-state index contributed by atoms with van der Waals surface area (Å²) in [6.07, 6.45) is 0.940. The first-order chi connectivity index (χ1) is 7.61. The molecule has 5 heteroatoms. The van der Waals surface area contributed by atoms with Crippen LogP contribution in [0.3, 0.4) is 0 Å². The summed E-state index contributed by atoms with van der Waals surface area (Å²) in [4.78, 5) is 1.89. The van der Waals surface area contributed by atoms with Gasteiger partial charge in [0, 0.05) is 33.4 Å². The van der Waals surface area contributed by atoms with Crippen molar-refractivity contribution in [3.8, 4) is 6.07 Å². The van der Waals surface area contributed by atoms with E-state index in [9.17, 15) is 0 Å². The minimum Gasteiger partial charge on any atom is -0.382 e. The summed E-state index contributed by atoms with van der Waals surface area (Å²) in [6.45, 7) is 6.84. The maximum atomic E-state index is 8.68. The Bertz CT molecular complexity index is 240. The molecule has 0 aromatic carbocycles. The topological polar surface area (TPSA) is 48.3 Å². The molecule has 4 nitrogen and oxygen atoms in total. The fourth-order valence-electron chi connectivity index (χ4n) is 1.18. The van der Waals surface area contributed by atoms with Gasteiger partial charge in [-0.25, -0.2) is 0 Å². The molecule has 0 aliphatic carbocycles. The summed E-state index contributed by atoms with van der Waals surface area (Å²) < 4.78 is 5.22. The molecule has 1 unspecified atom stereocenters. The molecule has 0 heterocycles. The molecule has 0 aromatic heterocycles. The molecule has 92 valence electrons. The van der Waals surface area contributed by atoms with Crippen molar-refractivity contribution >= 4 is 17.3 Å². The minimum atomic E-state index is -0.00632. The van der Waals surface area contributed by atoms with E-state index in [4.69, 9.17) is 22.2 Å². The summed E-state index contributed by atoms with van der Waals surface area (Å²) in [5, 5.41) is 12.5. The third-order valence-electron chi connectivity index (χ3n) is 2.06. The zero-order valence-corrected chi connectivity index (χ0v) is 11.1. The van der Waals surface area contributed by atoms with Gasteiger partial charge in [-0.15, -0.1) is 0 Å². The van der Waals surface area contributed by atoms with Crippen LogP contribution in [0.2, 0.25) is 0 Å². The number of thiocarbonyl (C=S) groups is 1. The zero-order chi connectivity index (χ0) is 12.4. The van der Waals surface area contributed by atoms with Crippen LogP contribution in [0.5, 0.6) is 0 Å². The van der Waals surface area contributed by atoms with Crippen molar-refractivity contribution in [1.82, 2.24) is 10.2 Å². The van der Waals surface area contributed by atoms with Gasteiger partial charge in [0.15, 0.2) is 5.11 Å². The molecule has 0 fully saturated rings. The fraction of sp³-hybridized carbons (Fsp3) is 0.818. The Labute approximate surface area is 104 Å². The number of ether oxygens (including phenoxy) is 1. The molecule has 0 saturated carbocycles. The van der Waals surface area contributed by atoms with E-state index in [0.29, 0.717) is 11.7 Å². The minimum absolute atomic E-state index is 0.00632. The van der Waals surface area contributed by atoms with Crippen molar-refractivity contribution in [3.05, 3.63) is 0 Å². The van der Waals surface area contributed by atoms with Crippen LogP contribution in [0.1, 0.15) is 20.3 Å². The van der Waals surface area contributed by atoms with E-state index < -0.39 is 0 Å². The lowest BCUT2D eigenvalue weighted by molar-refractivity contribution is 0.145. The fourth-order valence-corrected chi connectivity index (χ4v) is 1.36. The highest BCUT2D eigenvalue weighted by Crippen LogP contribution is 1.96. The van der Waals surface area contributed by atoms with Crippen LogP contribution in [0, 0.1) is 17.2 Å². The smallest absolute Gasteiger partial charge is 0.168 e. The maximum absolute atomic E-state index is 8.68. The Kier molecular flexibility index (Phi) is 8.87. The van der Waals surface area contributed by atoms with Crippen molar-refractivity contribution in [2.75, 3.05) is 33.4 Å². The SMILES string of the molecule is CCOCCCNC(=S)N(C)CC(C)C#N. The predicted octanol–water partition coefficient (Wildman–Crippen LogP) is 1.38. The number of hydrogen-bond donors (Lipinski definition) is 1. The molecule has 0 bridgehead atoms. The van der Waals surface area contributed by atoms with Crippen molar-refractivity contribution < 1.29 is 4.74 Å². The highest BCUT2D eigenvalue weighted by atomic mass is 32.1. The van der Waals surface area contributed by atoms with E-state index in [0.717, 1.165) is 26.2 Å². The third kappa shape index (κ3) is 7.43. The van der Waals surface area contributed by atoms with Gasteiger partial charge < -0.3 is 15.0 Å². The molecule has 0 rings (SSSR count). The van der Waals surface area contributed by atoms with E-state index in [1.165, 1.54) is 0 Å². The van der Waals surface area contributed by atoms with Gasteiger partial charge in [0.1, 0.15) is 0 Å². The highest BCUT2D eigenvalue weighted by molar-refractivity contribution is 7.80. The van der Waals surface area contributed by atoms with E-state index in [1.54, 1.807) is 0 Å². The first-order valence-corrected chi connectivity index (χ1v) is 5.99. The van der Waals surface area contributed by atoms with Gasteiger partial charge in [0.05, 0.1) is 12.0 Å². The Morgan fingerprint density at radius 3 is 2.88 bits per heavy atom. The van der Waals surface area contributed by atoms with Crippen LogP contribution in [0.4, 0.5) is 0 Å². The summed E-state index contributed by atoms with van der Waals surface area (Å²) in [5.74, 6) is -0.00632. The van der Waals surface area contributed by atoms with Gasteiger partial charge in [-0.2, -0.15) is 5.26 Å². The van der Waals surface area contributed by atoms with Crippen molar-refractivity contribution in [2.45, 2.75) is 20.3 Å². The monoisotopic (exact) mass is 243 g/mol. The van der Waals surface area contributed by atoms with Crippen LogP contribution in [0.15, 0.2) is 0 Å². The van der Waals surface area contributed by atoms with Crippen molar-refractivity contribution in [1.29, 1.82) is 5.26 Å². The predicted molar refractivity (Wildman–Crippen MR) is 69.1 cm³/mol. The Morgan fingerprint density at radius 2 is 2.31 bits per heavy atom. The van der Waals surface area contributed by atoms with Gasteiger partial charge in [-0.05, 0) is 32.5 Å². The molecule has 0 aliphatic heterocycles. The van der Waals surface area contributed by atoms with E-state index in [2.05, 4.69) is 11.4 Å². The van der Waals surface area contributed by atoms with Gasteiger partial charge in [0.2, 0.25) is 0 Å². The second-order valence-corrected chi connectivity index (χ2v) is 4.08. The molecule has 0 aromatic rings. The average molecular weight is 243 g/mol. The molecule has 0 amide bonds. The molecule has 1 atom stereocenters. The normalized spacial score (nSPS) is 11.6. The van der Waals surface area contributed by atoms with Crippen LogP contribution >= 0.6 is 12.2 Å². The van der Waals surface area contributed by atoms with Gasteiger partial charge in [-0.3, -0.25) is 0 Å². The van der Waals surface area contributed by atoms with Crippen LogP contribution in [0.25, 0.3) is 0 Å². The molecule has 0 aliphatic rings. The second-order valence-electron chi connectivity index (χ2n) is 3.69. The molecular weight excluding hydrogens is 222 g/mol. The molecular formula is C11H21N3OS. The Balaban J connectivity index is 3.60. The van der Waals surface area contributed by atoms with Crippen molar-refractivity contribution in [2.24, 2.45) is 5.92 Å². The highest BCUT2D eigenvalue weighted by Gasteiger charge is 2.07. The summed E-state index contributed by atoms with van der Waals surface area (Å²) in [7, 11) is 1.89. The molecule has 0 radical (unpaired) electrons. The van der Waals surface area contributed by atoms with Gasteiger partial charge in [-0.1, -0.05) is 0 Å². The summed E-state index contributed by atoms with van der Waals surface area (Å²) in [5.41, 5.74) is 0. The standard InChI is InChI=1S/C11H21N3OS/c1-4-15-7-5-6-13-11(16)14(3)9-10(2)8-12/h10H,4-7,9H2,1-3H3,(H,13,16). The second kappa shape index (κ2) is 9.37. The quantitative estimate of drug-likeness (QED) is 0.541. The Hall–Kier alpha value is -0.860. The molecule has 1 N–H and O–H groups in total. The number of hydrogen-bond acceptors (Lipinski definition) is 3. The molecule has 0 saturated heterocycles. The lowest BCUT2D eigenvalue weighted by Crippen LogP contribution is -2.39. The lowest BCUT2D eigenvalue weighted by Gasteiger charge is -2.21. The number of nitriles is 1.